The van der Waals surface area contributed by atoms with Gasteiger partial charge in [-0.05, 0) is 61.7 Å². The standard InChI is InChI=1S/C33H33N7O3/c1-4-16-40-32(42)23-14-13-22(17-25(23)33(40,2)3)36-29-18-27(37-28(20-41)21-10-6-5-7-11-21)24(19-35-29)30-38-39-31(43-30)26-12-8-9-15-34-26/h5-15,17-19,28,41H,4,16,20H2,1-3H3,(H2,35,36,37)/t28-/m1/s1. The van der Waals surface area contributed by atoms with Gasteiger partial charge in [0.1, 0.15) is 11.5 Å². The second-order valence-electron chi connectivity index (χ2n) is 10.9. The molecule has 1 aliphatic heterocycles. The Morgan fingerprint density at radius 1 is 0.953 bits per heavy atom. The van der Waals surface area contributed by atoms with Crippen molar-refractivity contribution in [1.82, 2.24) is 25.1 Å². The van der Waals surface area contributed by atoms with Crippen LogP contribution in [0.15, 0.2) is 89.6 Å². The number of rotatable bonds is 10. The van der Waals surface area contributed by atoms with Gasteiger partial charge in [-0.25, -0.2) is 4.98 Å². The maximum Gasteiger partial charge on any atom is 0.266 e. The van der Waals surface area contributed by atoms with Gasteiger partial charge in [0.15, 0.2) is 0 Å². The maximum atomic E-state index is 13.1. The number of carbonyl (C=O) groups is 1. The highest BCUT2D eigenvalue weighted by Gasteiger charge is 2.42. The van der Waals surface area contributed by atoms with Gasteiger partial charge in [-0.1, -0.05) is 43.3 Å². The first-order valence-corrected chi connectivity index (χ1v) is 14.3. The number of aliphatic hydroxyl groups is 1. The molecule has 4 heterocycles. The smallest absolute Gasteiger partial charge is 0.266 e. The van der Waals surface area contributed by atoms with Gasteiger partial charge < -0.3 is 25.1 Å². The molecule has 0 fully saturated rings. The molecule has 1 atom stereocenters. The summed E-state index contributed by atoms with van der Waals surface area (Å²) in [4.78, 5) is 24.0. The minimum atomic E-state index is -0.419. The number of anilines is 3. The largest absolute Gasteiger partial charge is 0.414 e. The van der Waals surface area contributed by atoms with Crippen LogP contribution in [-0.4, -0.2) is 49.2 Å². The molecular formula is C33H33N7O3. The topological polar surface area (TPSA) is 129 Å². The quantitative estimate of drug-likeness (QED) is 0.179. The summed E-state index contributed by atoms with van der Waals surface area (Å²) in [6, 6.07) is 22.4. The van der Waals surface area contributed by atoms with E-state index >= 15 is 0 Å². The third kappa shape index (κ3) is 5.44. The van der Waals surface area contributed by atoms with Crippen LogP contribution in [0.25, 0.3) is 23.0 Å². The van der Waals surface area contributed by atoms with Gasteiger partial charge in [-0.3, -0.25) is 9.78 Å². The minimum absolute atomic E-state index is 0.0583. The number of amides is 1. The monoisotopic (exact) mass is 575 g/mol. The van der Waals surface area contributed by atoms with E-state index in [-0.39, 0.29) is 24.3 Å². The molecule has 3 aromatic heterocycles. The molecule has 0 saturated carbocycles. The Hall–Kier alpha value is -5.09. The predicted octanol–water partition coefficient (Wildman–Crippen LogP) is 6.18. The number of aliphatic hydroxyl groups excluding tert-OH is 1. The number of nitrogens with one attached hydrogen (secondary N) is 2. The van der Waals surface area contributed by atoms with Gasteiger partial charge in [0.05, 0.1) is 29.4 Å². The number of fused-ring (bicyclic) bond motifs is 1. The fraction of sp³-hybridized carbons (Fsp3) is 0.242. The van der Waals surface area contributed by atoms with E-state index in [9.17, 15) is 9.90 Å². The molecule has 0 unspecified atom stereocenters. The van der Waals surface area contributed by atoms with E-state index in [1.54, 1.807) is 18.5 Å². The van der Waals surface area contributed by atoms with Crippen LogP contribution in [0.3, 0.4) is 0 Å². The van der Waals surface area contributed by atoms with E-state index < -0.39 is 11.6 Å². The molecule has 0 spiro atoms. The van der Waals surface area contributed by atoms with Gasteiger partial charge >= 0.3 is 0 Å². The van der Waals surface area contributed by atoms with Crippen molar-refractivity contribution in [3.8, 4) is 23.0 Å². The zero-order chi connectivity index (χ0) is 30.0. The van der Waals surface area contributed by atoms with Crippen molar-refractivity contribution in [2.75, 3.05) is 23.8 Å². The van der Waals surface area contributed by atoms with Gasteiger partial charge in [-0.15, -0.1) is 10.2 Å². The molecule has 0 radical (unpaired) electrons. The summed E-state index contributed by atoms with van der Waals surface area (Å²) in [5, 5.41) is 25.6. The zero-order valence-corrected chi connectivity index (χ0v) is 24.3. The first kappa shape index (κ1) is 28.0. The first-order chi connectivity index (χ1) is 20.9. The van der Waals surface area contributed by atoms with Crippen LogP contribution in [-0.2, 0) is 5.54 Å². The molecule has 218 valence electrons. The third-order valence-electron chi connectivity index (χ3n) is 7.71. The number of aromatic nitrogens is 4. The molecule has 43 heavy (non-hydrogen) atoms. The van der Waals surface area contributed by atoms with Gasteiger partial charge in [0.25, 0.3) is 17.7 Å². The number of carbonyl (C=O) groups excluding carboxylic acids is 1. The van der Waals surface area contributed by atoms with Crippen molar-refractivity contribution < 1.29 is 14.3 Å². The van der Waals surface area contributed by atoms with Crippen molar-refractivity contribution in [1.29, 1.82) is 0 Å². The first-order valence-electron chi connectivity index (χ1n) is 14.3. The summed E-state index contributed by atoms with van der Waals surface area (Å²) in [6.07, 6.45) is 4.21. The minimum Gasteiger partial charge on any atom is -0.414 e. The van der Waals surface area contributed by atoms with Crippen molar-refractivity contribution >= 4 is 23.1 Å². The highest BCUT2D eigenvalue weighted by Crippen LogP contribution is 2.41. The molecule has 2 aromatic carbocycles. The molecule has 10 nitrogen and oxygen atoms in total. The molecule has 10 heteroatoms. The fourth-order valence-corrected chi connectivity index (χ4v) is 5.46. The average molecular weight is 576 g/mol. The van der Waals surface area contributed by atoms with Gasteiger partial charge in [0.2, 0.25) is 0 Å². The Morgan fingerprint density at radius 3 is 2.49 bits per heavy atom. The van der Waals surface area contributed by atoms with Crippen molar-refractivity contribution in [3.05, 3.63) is 102 Å². The zero-order valence-electron chi connectivity index (χ0n) is 24.3. The molecule has 0 bridgehead atoms. The summed E-state index contributed by atoms with van der Waals surface area (Å²) in [7, 11) is 0. The summed E-state index contributed by atoms with van der Waals surface area (Å²) in [5.41, 5.74) is 4.79. The number of pyridine rings is 2. The van der Waals surface area contributed by atoms with Gasteiger partial charge in [-0.2, -0.15) is 0 Å². The van der Waals surface area contributed by atoms with Crippen LogP contribution >= 0.6 is 0 Å². The average Bonchev–Trinajstić information content (AvgIpc) is 3.59. The Kier molecular flexibility index (Phi) is 7.60. The summed E-state index contributed by atoms with van der Waals surface area (Å²) in [6.45, 7) is 6.79. The third-order valence-corrected chi connectivity index (χ3v) is 7.71. The highest BCUT2D eigenvalue weighted by atomic mass is 16.4. The van der Waals surface area contributed by atoms with Crippen LogP contribution < -0.4 is 10.6 Å². The van der Waals surface area contributed by atoms with Crippen LogP contribution in [0, 0.1) is 0 Å². The molecular weight excluding hydrogens is 542 g/mol. The normalized spacial score (nSPS) is 14.4. The van der Waals surface area contributed by atoms with Crippen LogP contribution in [0.4, 0.5) is 17.2 Å². The fourth-order valence-electron chi connectivity index (χ4n) is 5.46. The van der Waals surface area contributed by atoms with Crippen molar-refractivity contribution in [2.24, 2.45) is 0 Å². The van der Waals surface area contributed by atoms with E-state index in [0.29, 0.717) is 29.3 Å². The Balaban J connectivity index is 1.35. The van der Waals surface area contributed by atoms with Gasteiger partial charge in [0, 0.05) is 36.3 Å². The number of hydrogen-bond donors (Lipinski definition) is 3. The lowest BCUT2D eigenvalue weighted by Crippen LogP contribution is -2.39. The molecule has 1 amide bonds. The van der Waals surface area contributed by atoms with E-state index in [4.69, 9.17) is 4.42 Å². The Bertz CT molecular complexity index is 1740. The summed E-state index contributed by atoms with van der Waals surface area (Å²) >= 11 is 0. The number of hydrogen-bond acceptors (Lipinski definition) is 9. The van der Waals surface area contributed by atoms with E-state index in [2.05, 4.69) is 51.6 Å². The second kappa shape index (κ2) is 11.7. The lowest BCUT2D eigenvalue weighted by Gasteiger charge is -2.32. The molecule has 1 aliphatic rings. The summed E-state index contributed by atoms with van der Waals surface area (Å²) < 4.78 is 6.00. The SMILES string of the molecule is CCCN1C(=O)c2ccc(Nc3cc(N[C@H](CO)c4ccccc4)c(-c4nnc(-c5ccccn5)o4)cn3)cc2C1(C)C. The lowest BCUT2D eigenvalue weighted by molar-refractivity contribution is 0.0619. The van der Waals surface area contributed by atoms with Crippen LogP contribution in [0.1, 0.15) is 54.7 Å². The second-order valence-corrected chi connectivity index (χ2v) is 10.9. The maximum absolute atomic E-state index is 13.1. The van der Waals surface area contributed by atoms with E-state index in [1.807, 2.05) is 71.6 Å². The van der Waals surface area contributed by atoms with E-state index in [0.717, 1.165) is 28.8 Å². The molecule has 5 aromatic rings. The lowest BCUT2D eigenvalue weighted by atomic mass is 9.93. The van der Waals surface area contributed by atoms with E-state index in [1.165, 1.54) is 0 Å². The Labute approximate surface area is 249 Å². The highest BCUT2D eigenvalue weighted by molar-refractivity contribution is 6.00. The Morgan fingerprint density at radius 2 is 1.74 bits per heavy atom. The summed E-state index contributed by atoms with van der Waals surface area (Å²) in [5.74, 6) is 1.18. The molecule has 3 N–H and O–H groups in total. The van der Waals surface area contributed by atoms with Crippen molar-refractivity contribution in [3.63, 3.8) is 0 Å². The van der Waals surface area contributed by atoms with Crippen molar-refractivity contribution in [2.45, 2.75) is 38.8 Å². The number of benzene rings is 2. The van der Waals surface area contributed by atoms with Crippen LogP contribution in [0.5, 0.6) is 0 Å². The molecule has 0 saturated heterocycles. The predicted molar refractivity (Wildman–Crippen MR) is 165 cm³/mol. The molecule has 0 aliphatic carbocycles. The van der Waals surface area contributed by atoms with Crippen LogP contribution in [0.2, 0.25) is 0 Å². The molecule has 6 rings (SSSR count). The number of nitrogens with zero attached hydrogens (tertiary/aromatic N) is 5.